The first kappa shape index (κ1) is 10.9. The third-order valence-corrected chi connectivity index (χ3v) is 3.97. The Kier molecular flexibility index (Phi) is 2.94. The molecule has 2 aromatic rings. The molecular weight excluding hydrogens is 234 g/mol. The van der Waals surface area contributed by atoms with Crippen LogP contribution in [0.4, 0.5) is 0 Å². The summed E-state index contributed by atoms with van der Waals surface area (Å²) >= 11 is 1.60. The SMILES string of the molecule is O=C(Cc1cn2ccsc2n1)CC1CCNC1. The van der Waals surface area contributed by atoms with Gasteiger partial charge in [0.15, 0.2) is 4.96 Å². The van der Waals surface area contributed by atoms with E-state index in [0.717, 1.165) is 30.2 Å². The quantitative estimate of drug-likeness (QED) is 0.893. The predicted molar refractivity (Wildman–Crippen MR) is 67.4 cm³/mol. The summed E-state index contributed by atoms with van der Waals surface area (Å²) in [6, 6.07) is 0. The van der Waals surface area contributed by atoms with E-state index in [1.54, 1.807) is 11.3 Å². The van der Waals surface area contributed by atoms with Gasteiger partial charge in [0.05, 0.1) is 12.1 Å². The molecule has 1 N–H and O–H groups in total. The minimum atomic E-state index is 0.310. The van der Waals surface area contributed by atoms with Crippen LogP contribution in [0, 0.1) is 5.92 Å². The lowest BCUT2D eigenvalue weighted by molar-refractivity contribution is -0.119. The number of rotatable bonds is 4. The Labute approximate surface area is 104 Å². The van der Waals surface area contributed by atoms with Gasteiger partial charge in [-0.1, -0.05) is 0 Å². The van der Waals surface area contributed by atoms with Crippen LogP contribution in [-0.2, 0) is 11.2 Å². The monoisotopic (exact) mass is 249 g/mol. The van der Waals surface area contributed by atoms with E-state index in [1.165, 1.54) is 0 Å². The van der Waals surface area contributed by atoms with Crippen LogP contribution in [0.5, 0.6) is 0 Å². The first-order chi connectivity index (χ1) is 8.31. The summed E-state index contributed by atoms with van der Waals surface area (Å²) in [4.78, 5) is 17.3. The normalized spacial score (nSPS) is 20.1. The molecule has 0 aliphatic carbocycles. The molecule has 3 rings (SSSR count). The number of carbonyl (C=O) groups is 1. The largest absolute Gasteiger partial charge is 0.316 e. The number of imidazole rings is 1. The standard InChI is InChI=1S/C12H15N3OS/c16-11(5-9-1-2-13-7-9)6-10-8-15-3-4-17-12(15)14-10/h3-4,8-9,13H,1-2,5-7H2. The van der Waals surface area contributed by atoms with E-state index in [2.05, 4.69) is 10.3 Å². The molecule has 1 atom stereocenters. The average molecular weight is 249 g/mol. The maximum atomic E-state index is 11.9. The molecule has 1 fully saturated rings. The number of nitrogens with zero attached hydrogens (tertiary/aromatic N) is 2. The second-order valence-electron chi connectivity index (χ2n) is 4.60. The minimum Gasteiger partial charge on any atom is -0.316 e. The van der Waals surface area contributed by atoms with Gasteiger partial charge in [0.1, 0.15) is 5.78 Å². The number of aromatic nitrogens is 2. The van der Waals surface area contributed by atoms with Crippen molar-refractivity contribution in [2.75, 3.05) is 13.1 Å². The van der Waals surface area contributed by atoms with Crippen molar-refractivity contribution in [3.63, 3.8) is 0 Å². The average Bonchev–Trinajstić information content (AvgIpc) is 2.92. The van der Waals surface area contributed by atoms with Crippen molar-refractivity contribution < 1.29 is 4.79 Å². The molecule has 0 saturated carbocycles. The molecule has 1 saturated heterocycles. The lowest BCUT2D eigenvalue weighted by Crippen LogP contribution is -2.14. The van der Waals surface area contributed by atoms with Crippen molar-refractivity contribution in [2.45, 2.75) is 19.3 Å². The molecule has 3 heterocycles. The van der Waals surface area contributed by atoms with Crippen LogP contribution < -0.4 is 5.32 Å². The van der Waals surface area contributed by atoms with Gasteiger partial charge in [-0.15, -0.1) is 11.3 Å². The molecule has 0 radical (unpaired) electrons. The Morgan fingerprint density at radius 2 is 2.59 bits per heavy atom. The molecule has 4 nitrogen and oxygen atoms in total. The zero-order valence-corrected chi connectivity index (χ0v) is 10.4. The van der Waals surface area contributed by atoms with Crippen LogP contribution in [-0.4, -0.2) is 28.3 Å². The summed E-state index contributed by atoms with van der Waals surface area (Å²) in [7, 11) is 0. The third kappa shape index (κ3) is 2.40. The van der Waals surface area contributed by atoms with Gasteiger partial charge < -0.3 is 5.32 Å². The summed E-state index contributed by atoms with van der Waals surface area (Å²) in [6.07, 6.45) is 6.23. The Hall–Kier alpha value is -1.20. The number of hydrogen-bond acceptors (Lipinski definition) is 4. The van der Waals surface area contributed by atoms with Crippen LogP contribution in [0.25, 0.3) is 4.96 Å². The summed E-state index contributed by atoms with van der Waals surface area (Å²) in [5.41, 5.74) is 0.896. The summed E-state index contributed by atoms with van der Waals surface area (Å²) in [5, 5.41) is 5.29. The Morgan fingerprint density at radius 3 is 3.35 bits per heavy atom. The number of hydrogen-bond donors (Lipinski definition) is 1. The van der Waals surface area contributed by atoms with Gasteiger partial charge in [-0.25, -0.2) is 4.98 Å². The highest BCUT2D eigenvalue weighted by molar-refractivity contribution is 7.15. The predicted octanol–water partition coefficient (Wildman–Crippen LogP) is 1.51. The van der Waals surface area contributed by atoms with Crippen LogP contribution in [0.1, 0.15) is 18.5 Å². The second-order valence-corrected chi connectivity index (χ2v) is 5.48. The van der Waals surface area contributed by atoms with E-state index >= 15 is 0 Å². The first-order valence-corrected chi connectivity index (χ1v) is 6.83. The molecule has 1 aliphatic heterocycles. The fraction of sp³-hybridized carbons (Fsp3) is 0.500. The van der Waals surface area contributed by atoms with Crippen LogP contribution >= 0.6 is 11.3 Å². The van der Waals surface area contributed by atoms with Gasteiger partial charge >= 0.3 is 0 Å². The van der Waals surface area contributed by atoms with Gasteiger partial charge in [0, 0.05) is 24.2 Å². The topological polar surface area (TPSA) is 46.4 Å². The van der Waals surface area contributed by atoms with Crippen LogP contribution in [0.3, 0.4) is 0 Å². The highest BCUT2D eigenvalue weighted by Crippen LogP contribution is 2.16. The molecule has 1 unspecified atom stereocenters. The van der Waals surface area contributed by atoms with E-state index in [1.807, 2.05) is 22.2 Å². The van der Waals surface area contributed by atoms with Gasteiger partial charge in [-0.2, -0.15) is 0 Å². The van der Waals surface area contributed by atoms with Crippen molar-refractivity contribution in [3.05, 3.63) is 23.5 Å². The molecule has 1 aliphatic rings. The number of thiazole rings is 1. The lowest BCUT2D eigenvalue weighted by Gasteiger charge is -2.05. The molecule has 5 heteroatoms. The van der Waals surface area contributed by atoms with E-state index < -0.39 is 0 Å². The highest BCUT2D eigenvalue weighted by atomic mass is 32.1. The summed E-state index contributed by atoms with van der Waals surface area (Å²) in [6.45, 7) is 2.04. The zero-order chi connectivity index (χ0) is 11.7. The van der Waals surface area contributed by atoms with E-state index in [-0.39, 0.29) is 0 Å². The second kappa shape index (κ2) is 4.58. The Balaban J connectivity index is 1.62. The molecule has 0 aromatic carbocycles. The highest BCUT2D eigenvalue weighted by Gasteiger charge is 2.18. The molecule has 17 heavy (non-hydrogen) atoms. The van der Waals surface area contributed by atoms with Crippen molar-refractivity contribution in [1.82, 2.24) is 14.7 Å². The number of nitrogens with one attached hydrogen (secondary N) is 1. The van der Waals surface area contributed by atoms with E-state index in [0.29, 0.717) is 24.5 Å². The van der Waals surface area contributed by atoms with Crippen molar-refractivity contribution in [2.24, 2.45) is 5.92 Å². The smallest absolute Gasteiger partial charge is 0.193 e. The number of fused-ring (bicyclic) bond motifs is 1. The summed E-state index contributed by atoms with van der Waals surface area (Å²) < 4.78 is 1.98. The number of ketones is 1. The molecular formula is C12H15N3OS. The van der Waals surface area contributed by atoms with E-state index in [4.69, 9.17) is 0 Å². The van der Waals surface area contributed by atoms with Gasteiger partial charge in [0.25, 0.3) is 0 Å². The molecule has 0 bridgehead atoms. The zero-order valence-electron chi connectivity index (χ0n) is 9.56. The fourth-order valence-corrected chi connectivity index (χ4v) is 3.07. The van der Waals surface area contributed by atoms with E-state index in [9.17, 15) is 4.79 Å². The maximum Gasteiger partial charge on any atom is 0.193 e. The number of Topliss-reactive ketones (excluding diaryl/α,β-unsaturated/α-hetero) is 1. The number of carbonyl (C=O) groups excluding carboxylic acids is 1. The fourth-order valence-electron chi connectivity index (χ4n) is 2.35. The Bertz CT molecular complexity index is 496. The summed E-state index contributed by atoms with van der Waals surface area (Å²) in [5.74, 6) is 0.843. The molecule has 0 amide bonds. The first-order valence-electron chi connectivity index (χ1n) is 5.95. The minimum absolute atomic E-state index is 0.310. The van der Waals surface area contributed by atoms with Gasteiger partial charge in [-0.3, -0.25) is 9.20 Å². The van der Waals surface area contributed by atoms with Crippen molar-refractivity contribution in [1.29, 1.82) is 0 Å². The van der Waals surface area contributed by atoms with Gasteiger partial charge in [0.2, 0.25) is 0 Å². The molecule has 90 valence electrons. The molecule has 0 spiro atoms. The van der Waals surface area contributed by atoms with Crippen molar-refractivity contribution >= 4 is 22.1 Å². The van der Waals surface area contributed by atoms with Crippen LogP contribution in [0.15, 0.2) is 17.8 Å². The lowest BCUT2D eigenvalue weighted by atomic mass is 10.00. The Morgan fingerprint density at radius 1 is 1.65 bits per heavy atom. The third-order valence-electron chi connectivity index (χ3n) is 3.20. The van der Waals surface area contributed by atoms with Gasteiger partial charge in [-0.05, 0) is 25.4 Å². The maximum absolute atomic E-state index is 11.9. The van der Waals surface area contributed by atoms with Crippen LogP contribution in [0.2, 0.25) is 0 Å². The van der Waals surface area contributed by atoms with Crippen molar-refractivity contribution in [3.8, 4) is 0 Å². The molecule has 2 aromatic heterocycles.